The van der Waals surface area contributed by atoms with Gasteiger partial charge >= 0.3 is 5.97 Å². The van der Waals surface area contributed by atoms with Gasteiger partial charge in [0.25, 0.3) is 0 Å². The zero-order valence-electron chi connectivity index (χ0n) is 18.9. The molecule has 3 heterocycles. The lowest BCUT2D eigenvalue weighted by molar-refractivity contribution is 0.0374. The molecule has 2 aliphatic rings. The van der Waals surface area contributed by atoms with E-state index in [1.54, 1.807) is 0 Å². The van der Waals surface area contributed by atoms with Crippen LogP contribution in [-0.4, -0.2) is 69.3 Å². The number of likely N-dealkylation sites (tertiary alicyclic amines) is 2. The normalized spacial score (nSPS) is 19.2. The van der Waals surface area contributed by atoms with Gasteiger partial charge in [0, 0.05) is 42.2 Å². The first-order valence-corrected chi connectivity index (χ1v) is 11.9. The molecular weight excluding hydrogens is 414 g/mol. The molecule has 0 spiro atoms. The van der Waals surface area contributed by atoms with Crippen molar-refractivity contribution in [2.45, 2.75) is 44.4 Å². The second kappa shape index (κ2) is 9.59. The molecule has 3 aromatic rings. The van der Waals surface area contributed by atoms with Crippen molar-refractivity contribution in [2.24, 2.45) is 0 Å². The Hall–Kier alpha value is -2.80. The van der Waals surface area contributed by atoms with E-state index in [2.05, 4.69) is 9.80 Å². The fourth-order valence-corrected chi connectivity index (χ4v) is 5.40. The Morgan fingerprint density at radius 1 is 0.909 bits per heavy atom. The van der Waals surface area contributed by atoms with E-state index in [9.17, 15) is 15.0 Å². The van der Waals surface area contributed by atoms with Gasteiger partial charge in [0.1, 0.15) is 0 Å². The number of aliphatic hydroxyl groups excluding tert-OH is 1. The molecule has 2 aliphatic heterocycles. The van der Waals surface area contributed by atoms with Crippen molar-refractivity contribution in [2.75, 3.05) is 26.2 Å². The van der Waals surface area contributed by atoms with E-state index in [0.717, 1.165) is 68.7 Å². The fraction of sp³-hybridized carbons (Fsp3) is 0.407. The van der Waals surface area contributed by atoms with Crippen molar-refractivity contribution >= 4 is 16.9 Å². The van der Waals surface area contributed by atoms with Gasteiger partial charge in [0.2, 0.25) is 0 Å². The first-order valence-electron chi connectivity index (χ1n) is 11.9. The van der Waals surface area contributed by atoms with Gasteiger partial charge in [-0.3, -0.25) is 4.90 Å². The van der Waals surface area contributed by atoms with Gasteiger partial charge < -0.3 is 15.1 Å². The molecule has 0 unspecified atom stereocenters. The van der Waals surface area contributed by atoms with Gasteiger partial charge in [0.15, 0.2) is 0 Å². The first kappa shape index (κ1) is 22.0. The second-order valence-corrected chi connectivity index (χ2v) is 9.28. The number of aromatic carboxylic acids is 1. The number of para-hydroxylation sites is 1. The summed E-state index contributed by atoms with van der Waals surface area (Å²) in [5.41, 5.74) is 3.59. The lowest BCUT2D eigenvalue weighted by atomic mass is 9.94. The Kier molecular flexibility index (Phi) is 6.40. The molecular formula is C27H31N3O3. The molecule has 172 valence electrons. The van der Waals surface area contributed by atoms with E-state index in [4.69, 9.17) is 4.98 Å². The highest BCUT2D eigenvalue weighted by molar-refractivity contribution is 6.05. The summed E-state index contributed by atoms with van der Waals surface area (Å²) in [6, 6.07) is 18.0. The molecule has 5 rings (SSSR count). The number of rotatable bonds is 5. The summed E-state index contributed by atoms with van der Waals surface area (Å²) in [4.78, 5) is 22.3. The molecule has 2 fully saturated rings. The minimum atomic E-state index is -0.900. The molecule has 6 nitrogen and oxygen atoms in total. The van der Waals surface area contributed by atoms with Crippen molar-refractivity contribution in [1.82, 2.24) is 14.8 Å². The van der Waals surface area contributed by atoms with Crippen LogP contribution in [-0.2, 0) is 6.54 Å². The average Bonchev–Trinajstić information content (AvgIpc) is 2.85. The summed E-state index contributed by atoms with van der Waals surface area (Å²) in [6.07, 6.45) is 3.73. The fourth-order valence-electron chi connectivity index (χ4n) is 5.40. The van der Waals surface area contributed by atoms with Gasteiger partial charge in [-0.1, -0.05) is 48.5 Å². The molecule has 1 aromatic heterocycles. The van der Waals surface area contributed by atoms with Crippen molar-refractivity contribution in [1.29, 1.82) is 0 Å². The van der Waals surface area contributed by atoms with Crippen LogP contribution in [0.3, 0.4) is 0 Å². The third-order valence-electron chi connectivity index (χ3n) is 7.21. The zero-order valence-corrected chi connectivity index (χ0v) is 18.9. The van der Waals surface area contributed by atoms with Crippen molar-refractivity contribution in [3.63, 3.8) is 0 Å². The lowest BCUT2D eigenvalue weighted by Gasteiger charge is -2.41. The summed E-state index contributed by atoms with van der Waals surface area (Å²) in [6.45, 7) is 4.40. The smallest absolute Gasteiger partial charge is 0.336 e. The molecule has 0 aliphatic carbocycles. The number of hydrogen-bond donors (Lipinski definition) is 2. The molecule has 0 atom stereocenters. The maximum absolute atomic E-state index is 12.5. The van der Waals surface area contributed by atoms with Gasteiger partial charge in [0.05, 0.1) is 22.9 Å². The number of aliphatic hydroxyl groups is 1. The average molecular weight is 446 g/mol. The highest BCUT2D eigenvalue weighted by Crippen LogP contribution is 2.32. The summed E-state index contributed by atoms with van der Waals surface area (Å²) in [7, 11) is 0. The van der Waals surface area contributed by atoms with Crippen molar-refractivity contribution in [3.8, 4) is 11.3 Å². The van der Waals surface area contributed by atoms with Crippen LogP contribution in [0.2, 0.25) is 0 Å². The molecule has 0 radical (unpaired) electrons. The van der Waals surface area contributed by atoms with E-state index in [-0.39, 0.29) is 6.10 Å². The summed E-state index contributed by atoms with van der Waals surface area (Å²) in [5, 5.41) is 20.7. The Balaban J connectivity index is 1.44. The predicted octanol–water partition coefficient (Wildman–Crippen LogP) is 4.02. The number of carbonyl (C=O) groups is 1. The van der Waals surface area contributed by atoms with Crippen molar-refractivity contribution in [3.05, 3.63) is 65.7 Å². The second-order valence-electron chi connectivity index (χ2n) is 9.28. The van der Waals surface area contributed by atoms with Gasteiger partial charge in [-0.2, -0.15) is 0 Å². The number of carboxylic acids is 1. The molecule has 33 heavy (non-hydrogen) atoms. The molecule has 2 aromatic carbocycles. The maximum Gasteiger partial charge on any atom is 0.336 e. The van der Waals surface area contributed by atoms with E-state index < -0.39 is 5.97 Å². The van der Waals surface area contributed by atoms with E-state index in [0.29, 0.717) is 29.1 Å². The van der Waals surface area contributed by atoms with Crippen LogP contribution in [0.1, 0.15) is 41.6 Å². The Morgan fingerprint density at radius 3 is 2.27 bits per heavy atom. The molecule has 2 saturated heterocycles. The van der Waals surface area contributed by atoms with Gasteiger partial charge in [-0.15, -0.1) is 0 Å². The molecule has 2 N–H and O–H groups in total. The van der Waals surface area contributed by atoms with Crippen LogP contribution >= 0.6 is 0 Å². The number of benzene rings is 2. The summed E-state index contributed by atoms with van der Waals surface area (Å²) in [5.74, 6) is -0.900. The molecule has 0 saturated carbocycles. The number of hydrogen-bond acceptors (Lipinski definition) is 5. The number of fused-ring (bicyclic) bond motifs is 1. The predicted molar refractivity (Wildman–Crippen MR) is 129 cm³/mol. The molecule has 6 heteroatoms. The SMILES string of the molecule is O=C(O)c1c(CN2CCC(N3CCC(O)CC3)CC2)c(-c2ccccc2)nc2ccccc12. The zero-order chi connectivity index (χ0) is 22.8. The summed E-state index contributed by atoms with van der Waals surface area (Å²) >= 11 is 0. The molecule has 0 amide bonds. The van der Waals surface area contributed by atoms with Crippen LogP contribution < -0.4 is 0 Å². The minimum Gasteiger partial charge on any atom is -0.478 e. The number of nitrogens with zero attached hydrogens (tertiary/aromatic N) is 3. The van der Waals surface area contributed by atoms with Crippen LogP contribution in [0.25, 0.3) is 22.2 Å². The first-order chi connectivity index (χ1) is 16.1. The lowest BCUT2D eigenvalue weighted by Crippen LogP contribution is -2.48. The Morgan fingerprint density at radius 2 is 1.58 bits per heavy atom. The topological polar surface area (TPSA) is 76.9 Å². The van der Waals surface area contributed by atoms with E-state index in [1.807, 2.05) is 54.6 Å². The monoisotopic (exact) mass is 445 g/mol. The molecule has 0 bridgehead atoms. The van der Waals surface area contributed by atoms with Crippen LogP contribution in [0.15, 0.2) is 54.6 Å². The minimum absolute atomic E-state index is 0.146. The Labute approximate surface area is 194 Å². The van der Waals surface area contributed by atoms with Crippen LogP contribution in [0, 0.1) is 0 Å². The highest BCUT2D eigenvalue weighted by Gasteiger charge is 2.29. The Bertz CT molecular complexity index is 1120. The standard InChI is InChI=1S/C27H31N3O3/c31-21-12-16-30(17-13-21)20-10-14-29(15-11-20)18-23-25(27(32)33)22-8-4-5-9-24(22)28-26(23)19-6-2-1-3-7-19/h1-9,20-21,31H,10-18H2,(H,32,33). The number of pyridine rings is 1. The van der Waals surface area contributed by atoms with Crippen LogP contribution in [0.4, 0.5) is 0 Å². The van der Waals surface area contributed by atoms with Gasteiger partial charge in [-0.25, -0.2) is 9.78 Å². The highest BCUT2D eigenvalue weighted by atomic mass is 16.4. The van der Waals surface area contributed by atoms with Crippen molar-refractivity contribution < 1.29 is 15.0 Å². The maximum atomic E-state index is 12.5. The largest absolute Gasteiger partial charge is 0.478 e. The number of piperidine rings is 2. The number of carboxylic acid groups (broad SMARTS) is 1. The van der Waals surface area contributed by atoms with E-state index >= 15 is 0 Å². The third-order valence-corrected chi connectivity index (χ3v) is 7.21. The van der Waals surface area contributed by atoms with Gasteiger partial charge in [-0.05, 0) is 44.8 Å². The quantitative estimate of drug-likeness (QED) is 0.618. The number of aromatic nitrogens is 1. The van der Waals surface area contributed by atoms with Crippen LogP contribution in [0.5, 0.6) is 0 Å². The summed E-state index contributed by atoms with van der Waals surface area (Å²) < 4.78 is 0. The van der Waals surface area contributed by atoms with E-state index in [1.165, 1.54) is 0 Å². The third kappa shape index (κ3) is 4.64.